The third kappa shape index (κ3) is 4.72. The minimum Gasteiger partial charge on any atom is -0.352 e. The van der Waals surface area contributed by atoms with Crippen molar-refractivity contribution in [3.8, 4) is 5.69 Å². The van der Waals surface area contributed by atoms with E-state index < -0.39 is 5.91 Å². The van der Waals surface area contributed by atoms with Crippen LogP contribution in [0.25, 0.3) is 16.7 Å². The third-order valence-corrected chi connectivity index (χ3v) is 6.37. The first-order valence-corrected chi connectivity index (χ1v) is 12.3. The molecule has 2 heterocycles. The quantitative estimate of drug-likeness (QED) is 0.416. The number of pyridine rings is 1. The number of amides is 1. The van der Waals surface area contributed by atoms with Crippen molar-refractivity contribution in [3.05, 3.63) is 87.3 Å². The fraction of sp³-hybridized carbons (Fsp3) is 0.286. The van der Waals surface area contributed by atoms with Crippen molar-refractivity contribution in [1.29, 1.82) is 0 Å². The van der Waals surface area contributed by atoms with Crippen LogP contribution in [0.2, 0.25) is 0 Å². The molecule has 0 spiro atoms. The highest BCUT2D eigenvalue weighted by molar-refractivity contribution is 5.97. The zero-order valence-electron chi connectivity index (χ0n) is 20.8. The van der Waals surface area contributed by atoms with Crippen LogP contribution in [0.5, 0.6) is 0 Å². The molecule has 0 aliphatic heterocycles. The molecule has 8 heteroatoms. The maximum atomic E-state index is 13.3. The van der Waals surface area contributed by atoms with E-state index in [1.807, 2.05) is 43.8 Å². The molecule has 0 bridgehead atoms. The summed E-state index contributed by atoms with van der Waals surface area (Å²) in [4.78, 5) is 37.2. The summed E-state index contributed by atoms with van der Waals surface area (Å²) in [6.07, 6.45) is 6.34. The summed E-state index contributed by atoms with van der Waals surface area (Å²) in [6.45, 7) is 3.07. The number of rotatable bonds is 7. The van der Waals surface area contributed by atoms with Crippen molar-refractivity contribution in [2.45, 2.75) is 32.7 Å². The van der Waals surface area contributed by atoms with Gasteiger partial charge in [-0.2, -0.15) is 4.98 Å². The molecule has 0 atom stereocenters. The number of hydrogen-bond donors (Lipinski definition) is 2. The van der Waals surface area contributed by atoms with Gasteiger partial charge in [-0.3, -0.25) is 9.59 Å². The van der Waals surface area contributed by atoms with Gasteiger partial charge in [-0.15, -0.1) is 0 Å². The fourth-order valence-electron chi connectivity index (χ4n) is 4.73. The lowest BCUT2D eigenvalue weighted by molar-refractivity contribution is 0.0954. The van der Waals surface area contributed by atoms with Crippen LogP contribution in [0, 0.1) is 0 Å². The Morgan fingerprint density at radius 2 is 1.94 bits per heavy atom. The summed E-state index contributed by atoms with van der Waals surface area (Å²) in [7, 11) is 4.06. The van der Waals surface area contributed by atoms with Gasteiger partial charge in [0.05, 0.1) is 5.39 Å². The highest BCUT2D eigenvalue weighted by Gasteiger charge is 2.19. The molecule has 2 aromatic heterocycles. The molecule has 2 aromatic carbocycles. The number of aromatic nitrogens is 3. The van der Waals surface area contributed by atoms with Crippen LogP contribution in [-0.2, 0) is 19.4 Å². The second kappa shape index (κ2) is 9.91. The van der Waals surface area contributed by atoms with E-state index in [9.17, 15) is 9.59 Å². The van der Waals surface area contributed by atoms with Gasteiger partial charge in [0.25, 0.3) is 5.91 Å². The molecule has 2 N–H and O–H groups in total. The molecular formula is C28H30N6O2. The van der Waals surface area contributed by atoms with Gasteiger partial charge in [0.15, 0.2) is 5.65 Å². The zero-order chi connectivity index (χ0) is 25.2. The Kier molecular flexibility index (Phi) is 6.52. The highest BCUT2D eigenvalue weighted by Crippen LogP contribution is 2.26. The Morgan fingerprint density at radius 1 is 1.11 bits per heavy atom. The number of aryl methyl sites for hydroxylation is 2. The number of carbonyl (C=O) groups excluding carboxylic acids is 1. The number of fused-ring (bicyclic) bond motifs is 2. The van der Waals surface area contributed by atoms with Crippen molar-refractivity contribution in [3.63, 3.8) is 0 Å². The Balaban J connectivity index is 1.62. The standard InChI is InChI=1S/C28H30N6O2/c1-4-29-27(36)24-17-34(22-12-11-19-8-6-9-20(19)14-22)26-23(25(24)35)15-30-28(32-26)31-21-10-5-7-18(13-21)16-33(2)3/h5,7,10-15,17H,4,6,8-9,16H2,1-3H3,(H,29,36)(H,30,31,32). The first kappa shape index (κ1) is 23.7. The lowest BCUT2D eigenvalue weighted by Gasteiger charge is -2.15. The van der Waals surface area contributed by atoms with Crippen LogP contribution in [0.15, 0.2) is 59.7 Å². The number of hydrogen-bond acceptors (Lipinski definition) is 6. The third-order valence-electron chi connectivity index (χ3n) is 6.37. The number of carbonyl (C=O) groups is 1. The number of nitrogens with zero attached hydrogens (tertiary/aromatic N) is 4. The summed E-state index contributed by atoms with van der Waals surface area (Å²) in [6, 6.07) is 14.4. The molecule has 0 saturated heterocycles. The summed E-state index contributed by atoms with van der Waals surface area (Å²) in [5.74, 6) is -0.0243. The minimum absolute atomic E-state index is 0.0746. The molecule has 0 radical (unpaired) electrons. The minimum atomic E-state index is -0.404. The normalized spacial score (nSPS) is 12.7. The van der Waals surface area contributed by atoms with E-state index in [2.05, 4.69) is 44.8 Å². The summed E-state index contributed by atoms with van der Waals surface area (Å²) in [5, 5.41) is 6.31. The lowest BCUT2D eigenvalue weighted by atomic mass is 10.1. The lowest BCUT2D eigenvalue weighted by Crippen LogP contribution is -2.29. The van der Waals surface area contributed by atoms with Crippen LogP contribution in [0.4, 0.5) is 11.6 Å². The van der Waals surface area contributed by atoms with Gasteiger partial charge in [-0.1, -0.05) is 18.2 Å². The number of nitrogens with one attached hydrogen (secondary N) is 2. The van der Waals surface area contributed by atoms with E-state index in [-0.39, 0.29) is 11.0 Å². The van der Waals surface area contributed by atoms with Crippen molar-refractivity contribution in [1.82, 2.24) is 24.8 Å². The maximum Gasteiger partial charge on any atom is 0.256 e. The zero-order valence-corrected chi connectivity index (χ0v) is 20.8. The van der Waals surface area contributed by atoms with Gasteiger partial charge >= 0.3 is 0 Å². The van der Waals surface area contributed by atoms with Crippen LogP contribution >= 0.6 is 0 Å². The first-order chi connectivity index (χ1) is 17.4. The van der Waals surface area contributed by atoms with Crippen LogP contribution in [0.1, 0.15) is 40.4 Å². The van der Waals surface area contributed by atoms with E-state index in [1.165, 1.54) is 17.3 Å². The van der Waals surface area contributed by atoms with E-state index in [0.717, 1.165) is 42.7 Å². The van der Waals surface area contributed by atoms with Crippen LogP contribution in [0.3, 0.4) is 0 Å². The second-order valence-electron chi connectivity index (χ2n) is 9.40. The van der Waals surface area contributed by atoms with E-state index >= 15 is 0 Å². The van der Waals surface area contributed by atoms with Crippen molar-refractivity contribution in [2.24, 2.45) is 0 Å². The molecule has 5 rings (SSSR count). The Bertz CT molecular complexity index is 1510. The molecule has 184 valence electrons. The molecule has 4 aromatic rings. The van der Waals surface area contributed by atoms with Gasteiger partial charge in [-0.25, -0.2) is 4.98 Å². The van der Waals surface area contributed by atoms with Crippen molar-refractivity contribution in [2.75, 3.05) is 26.0 Å². The van der Waals surface area contributed by atoms with Gasteiger partial charge in [-0.05, 0) is 81.2 Å². The number of benzene rings is 2. The predicted molar refractivity (Wildman–Crippen MR) is 142 cm³/mol. The van der Waals surface area contributed by atoms with E-state index in [0.29, 0.717) is 23.5 Å². The topological polar surface area (TPSA) is 92.2 Å². The Labute approximate surface area is 210 Å². The smallest absolute Gasteiger partial charge is 0.256 e. The van der Waals surface area contributed by atoms with Gasteiger partial charge in [0, 0.05) is 36.9 Å². The average molecular weight is 483 g/mol. The Hall–Kier alpha value is -4.04. The van der Waals surface area contributed by atoms with Gasteiger partial charge < -0.3 is 20.1 Å². The molecule has 8 nitrogen and oxygen atoms in total. The highest BCUT2D eigenvalue weighted by atomic mass is 16.2. The van der Waals surface area contributed by atoms with Crippen molar-refractivity contribution < 1.29 is 4.79 Å². The summed E-state index contributed by atoms with van der Waals surface area (Å²) in [5.41, 5.74) is 5.67. The monoisotopic (exact) mass is 482 g/mol. The van der Waals surface area contributed by atoms with Gasteiger partial charge in [0.2, 0.25) is 11.4 Å². The first-order valence-electron chi connectivity index (χ1n) is 12.3. The maximum absolute atomic E-state index is 13.3. The number of anilines is 2. The largest absolute Gasteiger partial charge is 0.352 e. The van der Waals surface area contributed by atoms with Crippen molar-refractivity contribution >= 4 is 28.6 Å². The second-order valence-corrected chi connectivity index (χ2v) is 9.40. The van der Waals surface area contributed by atoms with E-state index in [1.54, 1.807) is 6.20 Å². The fourth-order valence-corrected chi connectivity index (χ4v) is 4.73. The van der Waals surface area contributed by atoms with E-state index in [4.69, 9.17) is 4.98 Å². The van der Waals surface area contributed by atoms with Crippen LogP contribution in [-0.4, -0.2) is 46.0 Å². The SMILES string of the molecule is CCNC(=O)c1cn(-c2ccc3c(c2)CCC3)c2nc(Nc3cccc(CN(C)C)c3)ncc2c1=O. The summed E-state index contributed by atoms with van der Waals surface area (Å²) < 4.78 is 1.83. The molecule has 0 unspecified atom stereocenters. The average Bonchev–Trinajstić information content (AvgIpc) is 3.32. The molecular weight excluding hydrogens is 452 g/mol. The Morgan fingerprint density at radius 3 is 2.75 bits per heavy atom. The molecule has 0 saturated carbocycles. The molecule has 36 heavy (non-hydrogen) atoms. The molecule has 1 amide bonds. The molecule has 1 aliphatic carbocycles. The van der Waals surface area contributed by atoms with Gasteiger partial charge in [0.1, 0.15) is 5.56 Å². The van der Waals surface area contributed by atoms with Crippen LogP contribution < -0.4 is 16.1 Å². The molecule has 1 aliphatic rings. The predicted octanol–water partition coefficient (Wildman–Crippen LogP) is 3.82. The molecule has 0 fully saturated rings. The summed E-state index contributed by atoms with van der Waals surface area (Å²) >= 11 is 0.